The van der Waals surface area contributed by atoms with Crippen LogP contribution in [0, 0.1) is 5.92 Å². The molecule has 1 N–H and O–H groups in total. The van der Waals surface area contributed by atoms with E-state index in [4.69, 9.17) is 14.5 Å². The lowest BCUT2D eigenvalue weighted by Crippen LogP contribution is -2.56. The predicted molar refractivity (Wildman–Crippen MR) is 100 cm³/mol. The molecule has 2 aromatic carbocycles. The van der Waals surface area contributed by atoms with Gasteiger partial charge < -0.3 is 9.84 Å². The molecule has 2 atom stereocenters. The summed E-state index contributed by atoms with van der Waals surface area (Å²) in [5.41, 5.74) is 0.676. The van der Waals surface area contributed by atoms with E-state index in [1.54, 1.807) is 0 Å². The van der Waals surface area contributed by atoms with Gasteiger partial charge in [-0.05, 0) is 24.5 Å². The number of ether oxygens (including phenoxy) is 1. The molecular weight excluding hydrogens is 344 g/mol. The van der Waals surface area contributed by atoms with Gasteiger partial charge in [-0.25, -0.2) is 4.89 Å². The number of aliphatic hydroxyl groups is 1. The summed E-state index contributed by atoms with van der Waals surface area (Å²) in [5, 5.41) is 10.9. The van der Waals surface area contributed by atoms with E-state index in [-0.39, 0.29) is 18.8 Å². The van der Waals surface area contributed by atoms with E-state index in [1.165, 1.54) is 6.92 Å². The molecule has 1 aliphatic heterocycles. The Balaban J connectivity index is 2.01. The van der Waals surface area contributed by atoms with Gasteiger partial charge in [0.1, 0.15) is 11.7 Å². The van der Waals surface area contributed by atoms with Crippen LogP contribution in [0.15, 0.2) is 60.7 Å². The zero-order chi connectivity index (χ0) is 19.3. The second-order valence-electron chi connectivity index (χ2n) is 6.93. The highest BCUT2D eigenvalue weighted by molar-refractivity contribution is 5.79. The Kier molecular flexibility index (Phi) is 6.07. The molecule has 2 unspecified atom stereocenters. The molecule has 1 aliphatic rings. The molecule has 5 nitrogen and oxygen atoms in total. The lowest BCUT2D eigenvalue weighted by Gasteiger charge is -2.46. The normalized spacial score (nSPS) is 24.5. The van der Waals surface area contributed by atoms with Gasteiger partial charge >= 0.3 is 5.97 Å². The molecule has 0 radical (unpaired) electrons. The van der Waals surface area contributed by atoms with Crippen LogP contribution in [0.25, 0.3) is 0 Å². The van der Waals surface area contributed by atoms with Crippen LogP contribution < -0.4 is 0 Å². The van der Waals surface area contributed by atoms with Gasteiger partial charge in [0, 0.05) is 6.42 Å². The van der Waals surface area contributed by atoms with Crippen molar-refractivity contribution in [3.05, 3.63) is 71.8 Å². The molecule has 5 heteroatoms. The quantitative estimate of drug-likeness (QED) is 0.454. The number of unbranched alkanes of at least 4 members (excludes halogenated alkanes) is 1. The summed E-state index contributed by atoms with van der Waals surface area (Å²) in [6, 6.07) is 19.2. The Morgan fingerprint density at radius 1 is 1.07 bits per heavy atom. The third kappa shape index (κ3) is 3.96. The highest BCUT2D eigenvalue weighted by atomic mass is 17.3. The van der Waals surface area contributed by atoms with Gasteiger partial charge in [0.25, 0.3) is 0 Å². The van der Waals surface area contributed by atoms with Gasteiger partial charge in [-0.2, -0.15) is 4.89 Å². The molecule has 0 aliphatic carbocycles. The Bertz CT molecular complexity index is 706. The number of carbonyl (C=O) groups is 1. The van der Waals surface area contributed by atoms with E-state index in [9.17, 15) is 9.90 Å². The molecule has 27 heavy (non-hydrogen) atoms. The Hall–Kier alpha value is -2.05. The first-order valence-electron chi connectivity index (χ1n) is 9.36. The highest BCUT2D eigenvalue weighted by Crippen LogP contribution is 2.47. The van der Waals surface area contributed by atoms with Crippen molar-refractivity contribution in [3.63, 3.8) is 0 Å². The lowest BCUT2D eigenvalue weighted by atomic mass is 9.76. The molecule has 1 heterocycles. The first-order valence-corrected chi connectivity index (χ1v) is 9.36. The summed E-state index contributed by atoms with van der Waals surface area (Å²) in [6.45, 7) is 3.74. The fourth-order valence-corrected chi connectivity index (χ4v) is 3.44. The van der Waals surface area contributed by atoms with Crippen molar-refractivity contribution in [2.75, 3.05) is 6.61 Å². The molecule has 3 rings (SSSR count). The topological polar surface area (TPSA) is 65.0 Å². The first kappa shape index (κ1) is 19.7. The van der Waals surface area contributed by atoms with Crippen molar-refractivity contribution >= 4 is 5.78 Å². The molecule has 1 fully saturated rings. The number of benzene rings is 2. The number of carbonyl (C=O) groups excluding carboxylic acids is 1. The van der Waals surface area contributed by atoms with Crippen LogP contribution in [-0.2, 0) is 24.9 Å². The largest absolute Gasteiger partial charge is 0.341 e. The Morgan fingerprint density at radius 2 is 1.63 bits per heavy atom. The minimum atomic E-state index is -2.09. The van der Waals surface area contributed by atoms with Crippen molar-refractivity contribution in [2.45, 2.75) is 44.7 Å². The van der Waals surface area contributed by atoms with Crippen molar-refractivity contribution in [1.82, 2.24) is 0 Å². The molecule has 0 spiro atoms. The Labute approximate surface area is 159 Å². The summed E-state index contributed by atoms with van der Waals surface area (Å²) in [4.78, 5) is 23.7. The SMILES string of the molecule is CCCCOC1(O)OOC(c2ccccc2)(c2ccccc2)CC1C(C)=O. The molecule has 0 saturated carbocycles. The van der Waals surface area contributed by atoms with Crippen LogP contribution in [0.2, 0.25) is 0 Å². The van der Waals surface area contributed by atoms with Crippen LogP contribution in [0.5, 0.6) is 0 Å². The second kappa shape index (κ2) is 8.31. The van der Waals surface area contributed by atoms with Crippen LogP contribution >= 0.6 is 0 Å². The maximum atomic E-state index is 12.4. The van der Waals surface area contributed by atoms with Gasteiger partial charge in [-0.1, -0.05) is 74.0 Å². The molecule has 0 amide bonds. The van der Waals surface area contributed by atoms with Gasteiger partial charge in [-0.3, -0.25) is 4.79 Å². The number of rotatable bonds is 7. The minimum absolute atomic E-state index is 0.207. The van der Waals surface area contributed by atoms with E-state index in [0.29, 0.717) is 0 Å². The number of Topliss-reactive ketones (excluding diaryl/α,β-unsaturated/α-hetero) is 1. The smallest absolute Gasteiger partial charge is 0.319 e. The average molecular weight is 370 g/mol. The van der Waals surface area contributed by atoms with E-state index in [1.807, 2.05) is 67.6 Å². The van der Waals surface area contributed by atoms with Crippen LogP contribution in [0.4, 0.5) is 0 Å². The van der Waals surface area contributed by atoms with E-state index < -0.39 is 17.5 Å². The fourth-order valence-electron chi connectivity index (χ4n) is 3.44. The summed E-state index contributed by atoms with van der Waals surface area (Å²) >= 11 is 0. The average Bonchev–Trinajstić information content (AvgIpc) is 2.70. The lowest BCUT2D eigenvalue weighted by molar-refractivity contribution is -0.556. The molecule has 2 aromatic rings. The van der Waals surface area contributed by atoms with Gasteiger partial charge in [0.05, 0.1) is 6.61 Å². The third-order valence-corrected chi connectivity index (χ3v) is 5.01. The van der Waals surface area contributed by atoms with E-state index >= 15 is 0 Å². The van der Waals surface area contributed by atoms with Crippen molar-refractivity contribution < 1.29 is 24.4 Å². The molecule has 0 aromatic heterocycles. The van der Waals surface area contributed by atoms with Crippen molar-refractivity contribution in [1.29, 1.82) is 0 Å². The molecule has 0 bridgehead atoms. The zero-order valence-corrected chi connectivity index (χ0v) is 15.8. The fraction of sp³-hybridized carbons (Fsp3) is 0.409. The predicted octanol–water partition coefficient (Wildman–Crippen LogP) is 3.95. The zero-order valence-electron chi connectivity index (χ0n) is 15.8. The summed E-state index contributed by atoms with van der Waals surface area (Å²) in [6.07, 6.45) is 1.86. The van der Waals surface area contributed by atoms with Crippen LogP contribution in [0.1, 0.15) is 44.2 Å². The maximum absolute atomic E-state index is 12.4. The molecular formula is C22H26O5. The van der Waals surface area contributed by atoms with Gasteiger partial charge in [0.2, 0.25) is 0 Å². The second-order valence-corrected chi connectivity index (χ2v) is 6.93. The van der Waals surface area contributed by atoms with Crippen LogP contribution in [-0.4, -0.2) is 23.5 Å². The Morgan fingerprint density at radius 3 is 2.11 bits per heavy atom. The monoisotopic (exact) mass is 370 g/mol. The van der Waals surface area contributed by atoms with Crippen LogP contribution in [0.3, 0.4) is 0 Å². The standard InChI is InChI=1S/C22H26O5/c1-3-4-15-25-22(24)20(17(2)23)16-21(26-27-22,18-11-7-5-8-12-18)19-13-9-6-10-14-19/h5-14,20,24H,3-4,15-16H2,1-2H3. The van der Waals surface area contributed by atoms with E-state index in [2.05, 4.69) is 0 Å². The summed E-state index contributed by atoms with van der Waals surface area (Å²) < 4.78 is 5.54. The van der Waals surface area contributed by atoms with Crippen molar-refractivity contribution in [3.8, 4) is 0 Å². The third-order valence-electron chi connectivity index (χ3n) is 5.01. The maximum Gasteiger partial charge on any atom is 0.319 e. The van der Waals surface area contributed by atoms with Gasteiger partial charge in [-0.15, -0.1) is 0 Å². The molecule has 144 valence electrons. The van der Waals surface area contributed by atoms with Crippen molar-refractivity contribution in [2.24, 2.45) is 5.92 Å². The number of ketones is 1. The van der Waals surface area contributed by atoms with E-state index in [0.717, 1.165) is 24.0 Å². The summed E-state index contributed by atoms with van der Waals surface area (Å²) in [7, 11) is 0. The van der Waals surface area contributed by atoms with Gasteiger partial charge in [0.15, 0.2) is 5.60 Å². The molecule has 1 saturated heterocycles. The number of hydrogen-bond acceptors (Lipinski definition) is 5. The highest BCUT2D eigenvalue weighted by Gasteiger charge is 2.56. The first-order chi connectivity index (χ1) is 13.0. The summed E-state index contributed by atoms with van der Waals surface area (Å²) in [5.74, 6) is -3.19. The minimum Gasteiger partial charge on any atom is -0.341 e. The number of hydrogen-bond donors (Lipinski definition) is 1.